The van der Waals surface area contributed by atoms with Crippen molar-refractivity contribution in [3.63, 3.8) is 0 Å². The predicted molar refractivity (Wildman–Crippen MR) is 114 cm³/mol. The van der Waals surface area contributed by atoms with Gasteiger partial charge in [-0.2, -0.15) is 0 Å². The quantitative estimate of drug-likeness (QED) is 0.614. The van der Waals surface area contributed by atoms with E-state index in [4.69, 9.17) is 4.74 Å². The molecule has 3 rings (SSSR count). The van der Waals surface area contributed by atoms with Crippen LogP contribution in [0.2, 0.25) is 0 Å². The predicted octanol–water partition coefficient (Wildman–Crippen LogP) is 3.69. The summed E-state index contributed by atoms with van der Waals surface area (Å²) in [5, 5.41) is 6.21. The number of amides is 1. The van der Waals surface area contributed by atoms with Gasteiger partial charge in [0.05, 0.1) is 7.11 Å². The minimum absolute atomic E-state index is 0.213. The maximum atomic E-state index is 12.6. The van der Waals surface area contributed by atoms with Crippen molar-refractivity contribution in [3.05, 3.63) is 82.8 Å². The summed E-state index contributed by atoms with van der Waals surface area (Å²) < 4.78 is 5.25. The highest BCUT2D eigenvalue weighted by atomic mass is 16.5. The number of nitrogens with zero attached hydrogens (tertiary/aromatic N) is 2. The Balaban J connectivity index is 1.59. The van der Waals surface area contributed by atoms with E-state index in [1.54, 1.807) is 20.1 Å². The van der Waals surface area contributed by atoms with Gasteiger partial charge in [0.15, 0.2) is 0 Å². The maximum absolute atomic E-state index is 12.6. The molecule has 3 aromatic rings. The zero-order chi connectivity index (χ0) is 20.6. The Kier molecular flexibility index (Phi) is 6.79. The summed E-state index contributed by atoms with van der Waals surface area (Å²) in [7, 11) is 1.66. The van der Waals surface area contributed by atoms with Crippen molar-refractivity contribution >= 4 is 11.7 Å². The van der Waals surface area contributed by atoms with E-state index in [-0.39, 0.29) is 5.91 Å². The molecule has 0 radical (unpaired) electrons. The largest absolute Gasteiger partial charge is 0.497 e. The van der Waals surface area contributed by atoms with Crippen LogP contribution in [-0.2, 0) is 13.0 Å². The van der Waals surface area contributed by atoms with Crippen molar-refractivity contribution in [3.8, 4) is 5.75 Å². The second kappa shape index (κ2) is 9.68. The lowest BCUT2D eigenvalue weighted by Crippen LogP contribution is -2.25. The van der Waals surface area contributed by atoms with Crippen LogP contribution in [0.4, 0.5) is 5.82 Å². The minimum atomic E-state index is -0.213. The van der Waals surface area contributed by atoms with Gasteiger partial charge in [-0.3, -0.25) is 4.79 Å². The van der Waals surface area contributed by atoms with Crippen molar-refractivity contribution < 1.29 is 9.53 Å². The first-order chi connectivity index (χ1) is 14.0. The molecule has 0 aliphatic rings. The Morgan fingerprint density at radius 1 is 1.03 bits per heavy atom. The number of ether oxygens (including phenoxy) is 1. The average molecular weight is 390 g/mol. The van der Waals surface area contributed by atoms with Crippen molar-refractivity contribution in [2.75, 3.05) is 19.0 Å². The molecule has 1 aromatic heterocycles. The molecule has 1 heterocycles. The molecule has 150 valence electrons. The number of methoxy groups -OCH3 is 1. The van der Waals surface area contributed by atoms with E-state index in [2.05, 4.69) is 26.7 Å². The van der Waals surface area contributed by atoms with Crippen LogP contribution in [0.3, 0.4) is 0 Å². The molecule has 0 aliphatic heterocycles. The van der Waals surface area contributed by atoms with Crippen LogP contribution in [-0.4, -0.2) is 29.5 Å². The number of aromatic nitrogens is 2. The van der Waals surface area contributed by atoms with E-state index in [1.807, 2.05) is 49.4 Å². The second-order valence-electron chi connectivity index (χ2n) is 6.82. The van der Waals surface area contributed by atoms with Crippen LogP contribution < -0.4 is 15.4 Å². The molecule has 0 fully saturated rings. The number of hydrogen-bond donors (Lipinski definition) is 2. The lowest BCUT2D eigenvalue weighted by Gasteiger charge is -2.10. The zero-order valence-corrected chi connectivity index (χ0v) is 17.0. The van der Waals surface area contributed by atoms with Crippen LogP contribution in [0.5, 0.6) is 5.75 Å². The first-order valence-electron chi connectivity index (χ1n) is 9.60. The fraction of sp³-hybridized carbons (Fsp3) is 0.261. The normalized spacial score (nSPS) is 10.4. The monoisotopic (exact) mass is 390 g/mol. The fourth-order valence-corrected chi connectivity index (χ4v) is 3.01. The van der Waals surface area contributed by atoms with Crippen LogP contribution in [0.1, 0.15) is 33.0 Å². The summed E-state index contributed by atoms with van der Waals surface area (Å²) in [6.07, 6.45) is 0.815. The first kappa shape index (κ1) is 20.3. The Bertz CT molecular complexity index is 988. The zero-order valence-electron chi connectivity index (χ0n) is 17.0. The molecule has 0 aliphatic carbocycles. The molecule has 0 atom stereocenters. The summed E-state index contributed by atoms with van der Waals surface area (Å²) in [5.74, 6) is 1.82. The van der Waals surface area contributed by atoms with Gasteiger partial charge in [0.25, 0.3) is 5.91 Å². The van der Waals surface area contributed by atoms with Crippen molar-refractivity contribution in [2.45, 2.75) is 26.8 Å². The molecule has 2 aromatic carbocycles. The highest BCUT2D eigenvalue weighted by Crippen LogP contribution is 2.14. The topological polar surface area (TPSA) is 76.1 Å². The molecule has 2 N–H and O–H groups in total. The lowest BCUT2D eigenvalue weighted by molar-refractivity contribution is 0.0945. The Hall–Kier alpha value is -3.41. The smallest absolute Gasteiger partial charge is 0.270 e. The Labute approximate surface area is 171 Å². The molecule has 6 heteroatoms. The minimum Gasteiger partial charge on any atom is -0.497 e. The lowest BCUT2D eigenvalue weighted by atomic mass is 10.1. The summed E-state index contributed by atoms with van der Waals surface area (Å²) in [5.41, 5.74) is 3.75. The van der Waals surface area contributed by atoms with Crippen LogP contribution in [0, 0.1) is 13.8 Å². The van der Waals surface area contributed by atoms with E-state index < -0.39 is 0 Å². The summed E-state index contributed by atoms with van der Waals surface area (Å²) >= 11 is 0. The first-order valence-corrected chi connectivity index (χ1v) is 9.60. The summed E-state index contributed by atoms with van der Waals surface area (Å²) in [4.78, 5) is 21.2. The number of aryl methyl sites for hydroxylation is 2. The highest BCUT2D eigenvalue weighted by Gasteiger charge is 2.11. The molecule has 0 spiro atoms. The van der Waals surface area contributed by atoms with Gasteiger partial charge in [-0.25, -0.2) is 9.97 Å². The van der Waals surface area contributed by atoms with Crippen LogP contribution in [0.25, 0.3) is 0 Å². The number of benzene rings is 2. The number of hydrogen-bond acceptors (Lipinski definition) is 5. The van der Waals surface area contributed by atoms with E-state index in [9.17, 15) is 4.79 Å². The number of carbonyl (C=O) groups excluding carboxylic acids is 1. The van der Waals surface area contributed by atoms with Gasteiger partial charge < -0.3 is 15.4 Å². The van der Waals surface area contributed by atoms with Crippen LogP contribution >= 0.6 is 0 Å². The average Bonchev–Trinajstić information content (AvgIpc) is 2.72. The van der Waals surface area contributed by atoms with Gasteiger partial charge in [-0.15, -0.1) is 0 Å². The van der Waals surface area contributed by atoms with E-state index in [0.29, 0.717) is 30.4 Å². The molecule has 0 bridgehead atoms. The second-order valence-corrected chi connectivity index (χ2v) is 6.82. The van der Waals surface area contributed by atoms with Gasteiger partial charge >= 0.3 is 0 Å². The van der Waals surface area contributed by atoms with E-state index in [0.717, 1.165) is 23.3 Å². The number of carbonyl (C=O) groups is 1. The van der Waals surface area contributed by atoms with E-state index >= 15 is 0 Å². The van der Waals surface area contributed by atoms with Crippen LogP contribution in [0.15, 0.2) is 54.6 Å². The number of nitrogens with one attached hydrogen (secondary N) is 2. The fourth-order valence-electron chi connectivity index (χ4n) is 3.01. The van der Waals surface area contributed by atoms with Crippen molar-refractivity contribution in [1.29, 1.82) is 0 Å². The molecule has 6 nitrogen and oxygen atoms in total. The van der Waals surface area contributed by atoms with Gasteiger partial charge in [0, 0.05) is 19.2 Å². The third-order valence-electron chi connectivity index (χ3n) is 4.63. The number of anilines is 1. The molecule has 29 heavy (non-hydrogen) atoms. The molecular formula is C23H26N4O2. The van der Waals surface area contributed by atoms with Gasteiger partial charge in [-0.1, -0.05) is 36.4 Å². The summed E-state index contributed by atoms with van der Waals surface area (Å²) in [6.45, 7) is 4.97. The third kappa shape index (κ3) is 5.78. The Morgan fingerprint density at radius 2 is 1.86 bits per heavy atom. The van der Waals surface area contributed by atoms with Crippen molar-refractivity contribution in [2.24, 2.45) is 0 Å². The third-order valence-corrected chi connectivity index (χ3v) is 4.63. The highest BCUT2D eigenvalue weighted by molar-refractivity contribution is 5.92. The SMILES string of the molecule is COc1cccc(CCNc2cc(C(=O)NCc3ccccc3C)nc(C)n2)c1. The van der Waals surface area contributed by atoms with Gasteiger partial charge in [0.1, 0.15) is 23.1 Å². The standard InChI is InChI=1S/C23H26N4O2/c1-16-7-4-5-9-19(16)15-25-23(28)21-14-22(27-17(2)26-21)24-12-11-18-8-6-10-20(13-18)29-3/h4-10,13-14H,11-12,15H2,1-3H3,(H,25,28)(H,24,26,27). The van der Waals surface area contributed by atoms with Crippen molar-refractivity contribution in [1.82, 2.24) is 15.3 Å². The molecule has 0 saturated carbocycles. The molecule has 1 amide bonds. The Morgan fingerprint density at radius 3 is 2.66 bits per heavy atom. The van der Waals surface area contributed by atoms with Gasteiger partial charge in [-0.05, 0) is 49.1 Å². The summed E-state index contributed by atoms with van der Waals surface area (Å²) in [6, 6.07) is 17.6. The molecular weight excluding hydrogens is 364 g/mol. The molecule has 0 saturated heterocycles. The maximum Gasteiger partial charge on any atom is 0.270 e. The molecule has 0 unspecified atom stereocenters. The van der Waals surface area contributed by atoms with E-state index in [1.165, 1.54) is 5.56 Å². The number of rotatable bonds is 8. The van der Waals surface area contributed by atoms with Gasteiger partial charge in [0.2, 0.25) is 0 Å².